The topological polar surface area (TPSA) is 34.5 Å². The Balaban J connectivity index is 1.67. The number of fused-ring (bicyclic) bond motifs is 1. The zero-order valence-electron chi connectivity index (χ0n) is 18.4. The van der Waals surface area contributed by atoms with Gasteiger partial charge in [0.2, 0.25) is 0 Å². The number of rotatable bonds is 3. The molecule has 1 aromatic heterocycles. The van der Waals surface area contributed by atoms with Crippen LogP contribution in [0.25, 0.3) is 11.1 Å². The first-order chi connectivity index (χ1) is 14.8. The summed E-state index contributed by atoms with van der Waals surface area (Å²) in [6.07, 6.45) is 3.62. The maximum Gasteiger partial charge on any atom is 0.410 e. The average Bonchev–Trinajstić information content (AvgIpc) is 2.91. The number of carbonyl (C=O) groups excluding carboxylic acids is 1. The van der Waals surface area contributed by atoms with Crippen molar-refractivity contribution in [1.82, 2.24) is 9.47 Å². The smallest absolute Gasteiger partial charge is 0.410 e. The van der Waals surface area contributed by atoms with Crippen molar-refractivity contribution in [2.45, 2.75) is 45.8 Å². The highest BCUT2D eigenvalue weighted by atomic mass is 35.5. The van der Waals surface area contributed by atoms with Crippen LogP contribution >= 0.6 is 11.6 Å². The molecule has 3 aromatic rings. The first-order valence-electron chi connectivity index (χ1n) is 10.8. The molecule has 0 atom stereocenters. The summed E-state index contributed by atoms with van der Waals surface area (Å²) in [5.41, 5.74) is 5.74. The van der Waals surface area contributed by atoms with Gasteiger partial charge in [-0.25, -0.2) is 4.79 Å². The van der Waals surface area contributed by atoms with Gasteiger partial charge in [-0.15, -0.1) is 0 Å². The molecule has 0 saturated carbocycles. The van der Waals surface area contributed by atoms with Crippen molar-refractivity contribution in [1.29, 1.82) is 0 Å². The molecule has 4 rings (SSSR count). The number of carbonyl (C=O) groups is 1. The van der Waals surface area contributed by atoms with Gasteiger partial charge in [0.05, 0.1) is 0 Å². The third kappa shape index (κ3) is 5.13. The largest absolute Gasteiger partial charge is 0.444 e. The normalized spacial score (nSPS) is 14.1. The summed E-state index contributed by atoms with van der Waals surface area (Å²) in [5.74, 6) is 0. The maximum atomic E-state index is 12.7. The summed E-state index contributed by atoms with van der Waals surface area (Å²) >= 11 is 6.12. The van der Waals surface area contributed by atoms with Crippen molar-refractivity contribution in [3.63, 3.8) is 0 Å². The van der Waals surface area contributed by atoms with Gasteiger partial charge in [0, 0.05) is 48.5 Å². The summed E-state index contributed by atoms with van der Waals surface area (Å²) in [5, 5.41) is 0.731. The maximum absolute atomic E-state index is 12.7. The molecular weight excluding hydrogens is 408 g/mol. The van der Waals surface area contributed by atoms with E-state index in [0.717, 1.165) is 30.0 Å². The molecule has 1 aliphatic heterocycles. The lowest BCUT2D eigenvalue weighted by molar-refractivity contribution is 0.0258. The first-order valence-corrected chi connectivity index (χ1v) is 11.2. The lowest BCUT2D eigenvalue weighted by Gasteiger charge is -2.26. The monoisotopic (exact) mass is 436 g/mol. The summed E-state index contributed by atoms with van der Waals surface area (Å²) in [4.78, 5) is 14.5. The van der Waals surface area contributed by atoms with Gasteiger partial charge < -0.3 is 14.2 Å². The van der Waals surface area contributed by atoms with E-state index < -0.39 is 5.60 Å². The minimum absolute atomic E-state index is 0.236. The lowest BCUT2D eigenvalue weighted by Crippen LogP contribution is -2.38. The van der Waals surface area contributed by atoms with Gasteiger partial charge in [-0.3, -0.25) is 0 Å². The van der Waals surface area contributed by atoms with Crippen LogP contribution in [-0.2, 0) is 24.1 Å². The summed E-state index contributed by atoms with van der Waals surface area (Å²) in [6.45, 7) is 7.83. The van der Waals surface area contributed by atoms with Gasteiger partial charge in [0.15, 0.2) is 0 Å². The lowest BCUT2D eigenvalue weighted by atomic mass is 10.0. The van der Waals surface area contributed by atoms with E-state index in [1.807, 2.05) is 43.9 Å². The highest BCUT2D eigenvalue weighted by Crippen LogP contribution is 2.32. The Hall–Kier alpha value is -2.72. The van der Waals surface area contributed by atoms with Crippen molar-refractivity contribution in [3.05, 3.63) is 82.6 Å². The number of nitrogens with zero attached hydrogens (tertiary/aromatic N) is 2. The Bertz CT molecular complexity index is 1050. The molecule has 5 heteroatoms. The van der Waals surface area contributed by atoms with Crippen molar-refractivity contribution in [2.75, 3.05) is 13.1 Å². The fourth-order valence-electron chi connectivity index (χ4n) is 4.12. The van der Waals surface area contributed by atoms with Crippen LogP contribution in [0.5, 0.6) is 0 Å². The van der Waals surface area contributed by atoms with Crippen LogP contribution in [-0.4, -0.2) is 34.3 Å². The highest BCUT2D eigenvalue weighted by Gasteiger charge is 2.27. The minimum Gasteiger partial charge on any atom is -0.444 e. The van der Waals surface area contributed by atoms with Crippen LogP contribution < -0.4 is 0 Å². The molecule has 0 unspecified atom stereocenters. The Morgan fingerprint density at radius 2 is 1.68 bits per heavy atom. The van der Waals surface area contributed by atoms with Crippen LogP contribution in [0.4, 0.5) is 4.79 Å². The SMILES string of the molecule is CC(C)(C)OC(=O)N1CCc2c(-c3ccc(Cl)cc3)cn(Cc3ccccc3)c2CC1. The number of amides is 1. The molecule has 31 heavy (non-hydrogen) atoms. The molecule has 0 fully saturated rings. The van der Waals surface area contributed by atoms with Crippen molar-refractivity contribution >= 4 is 17.7 Å². The number of ether oxygens (including phenoxy) is 1. The highest BCUT2D eigenvalue weighted by molar-refractivity contribution is 6.30. The zero-order chi connectivity index (χ0) is 22.0. The van der Waals surface area contributed by atoms with Crippen LogP contribution in [0.15, 0.2) is 60.8 Å². The number of halogens is 1. The first kappa shape index (κ1) is 21.5. The number of aromatic nitrogens is 1. The second-order valence-corrected chi connectivity index (χ2v) is 9.49. The molecule has 1 aliphatic rings. The van der Waals surface area contributed by atoms with Gasteiger partial charge in [-0.05, 0) is 56.0 Å². The molecule has 0 bridgehead atoms. The summed E-state index contributed by atoms with van der Waals surface area (Å²) in [7, 11) is 0. The standard InChI is InChI=1S/C26H29ClN2O2/c1-26(2,3)31-25(30)28-15-13-22-23(20-9-11-21(27)12-10-20)18-29(24(22)14-16-28)17-19-7-5-4-6-8-19/h4-12,18H,13-17H2,1-3H3. The van der Waals surface area contributed by atoms with E-state index in [1.54, 1.807) is 0 Å². The fourth-order valence-corrected chi connectivity index (χ4v) is 4.25. The van der Waals surface area contributed by atoms with Crippen molar-refractivity contribution in [2.24, 2.45) is 0 Å². The Kier molecular flexibility index (Phi) is 6.10. The van der Waals surface area contributed by atoms with E-state index in [9.17, 15) is 4.79 Å². The van der Waals surface area contributed by atoms with E-state index in [2.05, 4.69) is 47.2 Å². The van der Waals surface area contributed by atoms with E-state index in [0.29, 0.717) is 13.1 Å². The van der Waals surface area contributed by atoms with E-state index >= 15 is 0 Å². The van der Waals surface area contributed by atoms with Gasteiger partial charge in [-0.2, -0.15) is 0 Å². The Labute approximate surface area is 189 Å². The quantitative estimate of drug-likeness (QED) is 0.490. The molecule has 2 heterocycles. The molecule has 4 nitrogen and oxygen atoms in total. The van der Waals surface area contributed by atoms with Gasteiger partial charge in [0.25, 0.3) is 0 Å². The van der Waals surface area contributed by atoms with Crippen LogP contribution in [0.2, 0.25) is 5.02 Å². The third-order valence-electron chi connectivity index (χ3n) is 5.56. The molecule has 1 amide bonds. The Morgan fingerprint density at radius 1 is 1.00 bits per heavy atom. The minimum atomic E-state index is -0.493. The third-order valence-corrected chi connectivity index (χ3v) is 5.81. The predicted molar refractivity (Wildman–Crippen MR) is 126 cm³/mol. The summed E-state index contributed by atoms with van der Waals surface area (Å²) in [6, 6.07) is 18.5. The van der Waals surface area contributed by atoms with Crippen molar-refractivity contribution in [3.8, 4) is 11.1 Å². The molecule has 162 valence electrons. The van der Waals surface area contributed by atoms with Gasteiger partial charge >= 0.3 is 6.09 Å². The fraction of sp³-hybridized carbons (Fsp3) is 0.346. The van der Waals surface area contributed by atoms with Crippen molar-refractivity contribution < 1.29 is 9.53 Å². The van der Waals surface area contributed by atoms with Gasteiger partial charge in [0.1, 0.15) is 5.60 Å². The van der Waals surface area contributed by atoms with Crippen LogP contribution in [0, 0.1) is 0 Å². The molecule has 0 spiro atoms. The van der Waals surface area contributed by atoms with E-state index in [4.69, 9.17) is 16.3 Å². The molecule has 0 saturated heterocycles. The molecular formula is C26H29ClN2O2. The molecule has 0 aliphatic carbocycles. The molecule has 0 radical (unpaired) electrons. The number of hydrogen-bond acceptors (Lipinski definition) is 2. The second kappa shape index (κ2) is 8.80. The Morgan fingerprint density at radius 3 is 2.35 bits per heavy atom. The molecule has 2 aromatic carbocycles. The zero-order valence-corrected chi connectivity index (χ0v) is 19.2. The average molecular weight is 437 g/mol. The predicted octanol–water partition coefficient (Wildman–Crippen LogP) is 6.19. The summed E-state index contributed by atoms with van der Waals surface area (Å²) < 4.78 is 7.97. The second-order valence-electron chi connectivity index (χ2n) is 9.06. The van der Waals surface area contributed by atoms with Gasteiger partial charge in [-0.1, -0.05) is 54.1 Å². The van der Waals surface area contributed by atoms with Crippen LogP contribution in [0.3, 0.4) is 0 Å². The molecule has 0 N–H and O–H groups in total. The number of hydrogen-bond donors (Lipinski definition) is 0. The van der Waals surface area contributed by atoms with Crippen LogP contribution in [0.1, 0.15) is 37.6 Å². The van der Waals surface area contributed by atoms with E-state index in [1.165, 1.54) is 22.4 Å². The van der Waals surface area contributed by atoms with E-state index in [-0.39, 0.29) is 6.09 Å². The number of benzene rings is 2.